The molecule has 6 heteroatoms. The number of aromatic nitrogens is 4. The third-order valence-electron chi connectivity index (χ3n) is 5.71. The zero-order chi connectivity index (χ0) is 20.0. The first-order valence-corrected chi connectivity index (χ1v) is 9.98. The van der Waals surface area contributed by atoms with Crippen molar-refractivity contribution in [2.45, 2.75) is 32.4 Å². The molecule has 1 aliphatic rings. The number of benzene rings is 2. The van der Waals surface area contributed by atoms with E-state index in [0.717, 1.165) is 18.4 Å². The Hall–Kier alpha value is -3.41. The van der Waals surface area contributed by atoms with Gasteiger partial charge in [-0.15, -0.1) is 0 Å². The molecule has 2 heterocycles. The summed E-state index contributed by atoms with van der Waals surface area (Å²) in [5.74, 6) is 0.407. The average molecular weight is 386 g/mol. The summed E-state index contributed by atoms with van der Waals surface area (Å²) in [5, 5.41) is 0. The van der Waals surface area contributed by atoms with Crippen molar-refractivity contribution in [3.63, 3.8) is 0 Å². The fraction of sp³-hybridized carbons (Fsp3) is 0.261. The summed E-state index contributed by atoms with van der Waals surface area (Å²) in [7, 11) is 0. The molecular formula is C23H22N4O2. The predicted octanol–water partition coefficient (Wildman–Crippen LogP) is 3.37. The molecule has 1 fully saturated rings. The molecule has 0 bridgehead atoms. The maximum Gasteiger partial charge on any atom is 0.337 e. The number of nitrogens with zero attached hydrogens (tertiary/aromatic N) is 4. The van der Waals surface area contributed by atoms with Crippen molar-refractivity contribution in [3.8, 4) is 5.69 Å². The first kappa shape index (κ1) is 17.7. The highest BCUT2D eigenvalue weighted by Crippen LogP contribution is 2.30. The molecule has 146 valence electrons. The number of rotatable bonds is 5. The molecule has 2 aromatic carbocycles. The summed E-state index contributed by atoms with van der Waals surface area (Å²) < 4.78 is 4.84. The van der Waals surface area contributed by atoms with E-state index in [1.807, 2.05) is 72.2 Å². The normalized spacial score (nSPS) is 14.9. The molecule has 0 radical (unpaired) electrons. The van der Waals surface area contributed by atoms with E-state index < -0.39 is 0 Å². The van der Waals surface area contributed by atoms with Gasteiger partial charge in [-0.2, -0.15) is 0 Å². The summed E-state index contributed by atoms with van der Waals surface area (Å²) in [6.07, 6.45) is 3.80. The number of fused-ring (bicyclic) bond motifs is 1. The van der Waals surface area contributed by atoms with Crippen LogP contribution in [0.25, 0.3) is 16.9 Å². The van der Waals surface area contributed by atoms with Crippen LogP contribution in [-0.2, 0) is 6.54 Å². The van der Waals surface area contributed by atoms with Crippen LogP contribution in [0.4, 0.5) is 0 Å². The Morgan fingerprint density at radius 2 is 1.66 bits per heavy atom. The summed E-state index contributed by atoms with van der Waals surface area (Å²) >= 11 is 0. The van der Waals surface area contributed by atoms with E-state index >= 15 is 0 Å². The van der Waals surface area contributed by atoms with Crippen molar-refractivity contribution in [2.75, 3.05) is 0 Å². The molecule has 1 atom stereocenters. The Labute approximate surface area is 167 Å². The van der Waals surface area contributed by atoms with Crippen molar-refractivity contribution in [2.24, 2.45) is 5.92 Å². The molecule has 0 saturated heterocycles. The molecule has 5 rings (SSSR count). The molecule has 0 N–H and O–H groups in total. The van der Waals surface area contributed by atoms with Gasteiger partial charge in [-0.05, 0) is 43.4 Å². The second-order valence-corrected chi connectivity index (χ2v) is 7.72. The van der Waals surface area contributed by atoms with Crippen molar-refractivity contribution in [1.29, 1.82) is 0 Å². The van der Waals surface area contributed by atoms with Crippen molar-refractivity contribution in [1.82, 2.24) is 18.7 Å². The third-order valence-corrected chi connectivity index (χ3v) is 5.71. The molecule has 1 unspecified atom stereocenters. The van der Waals surface area contributed by atoms with Crippen molar-refractivity contribution >= 4 is 11.2 Å². The van der Waals surface area contributed by atoms with Gasteiger partial charge in [-0.3, -0.25) is 9.36 Å². The number of hydrogen-bond acceptors (Lipinski definition) is 3. The monoisotopic (exact) mass is 386 g/mol. The van der Waals surface area contributed by atoms with Crippen LogP contribution in [0.15, 0.2) is 76.6 Å². The average Bonchev–Trinajstić information content (AvgIpc) is 3.48. The minimum Gasteiger partial charge on any atom is -0.317 e. The van der Waals surface area contributed by atoms with E-state index in [2.05, 4.69) is 4.98 Å². The SMILES string of the molecule is CC(c1ccccc1)n1cnc2c1c(=O)n(CC1CC1)c(=O)n2-c1ccccc1. The van der Waals surface area contributed by atoms with Crippen molar-refractivity contribution < 1.29 is 0 Å². The quantitative estimate of drug-likeness (QED) is 0.528. The molecule has 4 aromatic rings. The van der Waals surface area contributed by atoms with Crippen LogP contribution >= 0.6 is 0 Å². The van der Waals surface area contributed by atoms with Gasteiger partial charge >= 0.3 is 5.69 Å². The molecular weight excluding hydrogens is 364 g/mol. The van der Waals surface area contributed by atoms with Crippen LogP contribution in [0.1, 0.15) is 31.4 Å². The minimum atomic E-state index is -0.321. The van der Waals surface area contributed by atoms with Crippen molar-refractivity contribution in [3.05, 3.63) is 93.4 Å². The van der Waals surface area contributed by atoms with Crippen LogP contribution in [0, 0.1) is 5.92 Å². The first-order valence-electron chi connectivity index (χ1n) is 9.98. The molecule has 0 spiro atoms. The highest BCUT2D eigenvalue weighted by atomic mass is 16.2. The lowest BCUT2D eigenvalue weighted by atomic mass is 10.1. The van der Waals surface area contributed by atoms with Gasteiger partial charge in [-0.25, -0.2) is 14.3 Å². The summed E-state index contributed by atoms with van der Waals surface area (Å²) in [6.45, 7) is 2.50. The Morgan fingerprint density at radius 1 is 1.00 bits per heavy atom. The Balaban J connectivity index is 1.80. The zero-order valence-corrected chi connectivity index (χ0v) is 16.2. The molecule has 29 heavy (non-hydrogen) atoms. The number of imidazole rings is 1. The van der Waals surface area contributed by atoms with E-state index in [1.54, 1.807) is 10.9 Å². The highest BCUT2D eigenvalue weighted by Gasteiger charge is 2.27. The van der Waals surface area contributed by atoms with E-state index in [9.17, 15) is 9.59 Å². The second kappa shape index (κ2) is 6.88. The molecule has 0 aliphatic heterocycles. The maximum absolute atomic E-state index is 13.4. The minimum absolute atomic E-state index is 0.0787. The van der Waals surface area contributed by atoms with E-state index in [4.69, 9.17) is 0 Å². The Bertz CT molecular complexity index is 1280. The predicted molar refractivity (Wildman–Crippen MR) is 113 cm³/mol. The number of hydrogen-bond donors (Lipinski definition) is 0. The molecule has 1 saturated carbocycles. The lowest BCUT2D eigenvalue weighted by molar-refractivity contribution is 0.564. The van der Waals surface area contributed by atoms with Gasteiger partial charge in [0.1, 0.15) is 0 Å². The fourth-order valence-electron chi connectivity index (χ4n) is 3.86. The van der Waals surface area contributed by atoms with Gasteiger partial charge in [0.25, 0.3) is 5.56 Å². The van der Waals surface area contributed by atoms with Gasteiger partial charge in [0.15, 0.2) is 11.2 Å². The lowest BCUT2D eigenvalue weighted by Gasteiger charge is -2.16. The summed E-state index contributed by atoms with van der Waals surface area (Å²) in [4.78, 5) is 31.2. The van der Waals surface area contributed by atoms with Crippen LogP contribution in [-0.4, -0.2) is 18.7 Å². The Kier molecular flexibility index (Phi) is 4.19. The summed E-state index contributed by atoms with van der Waals surface area (Å²) in [5.41, 5.74) is 2.08. The standard InChI is InChI=1S/C23H22N4O2/c1-16(18-8-4-2-5-9-18)26-15-24-21-20(26)22(28)25(14-17-12-13-17)23(29)27(21)19-10-6-3-7-11-19/h2-11,15-17H,12-14H2,1H3. The largest absolute Gasteiger partial charge is 0.337 e. The summed E-state index contributed by atoms with van der Waals surface area (Å²) in [6, 6.07) is 19.3. The third kappa shape index (κ3) is 3.01. The topological polar surface area (TPSA) is 61.8 Å². The van der Waals surface area contributed by atoms with Gasteiger partial charge in [0, 0.05) is 6.54 Å². The van der Waals surface area contributed by atoms with Crippen LogP contribution in [0.2, 0.25) is 0 Å². The molecule has 2 aromatic heterocycles. The first-order chi connectivity index (χ1) is 14.1. The van der Waals surface area contributed by atoms with E-state index in [-0.39, 0.29) is 17.3 Å². The van der Waals surface area contributed by atoms with E-state index in [1.165, 1.54) is 4.57 Å². The van der Waals surface area contributed by atoms with Gasteiger partial charge < -0.3 is 4.57 Å². The smallest absolute Gasteiger partial charge is 0.317 e. The van der Waals surface area contributed by atoms with Gasteiger partial charge in [0.05, 0.1) is 18.1 Å². The zero-order valence-electron chi connectivity index (χ0n) is 16.2. The highest BCUT2D eigenvalue weighted by molar-refractivity contribution is 5.72. The van der Waals surface area contributed by atoms with E-state index in [0.29, 0.717) is 29.3 Å². The maximum atomic E-state index is 13.4. The Morgan fingerprint density at radius 3 is 2.31 bits per heavy atom. The fourth-order valence-corrected chi connectivity index (χ4v) is 3.86. The van der Waals surface area contributed by atoms with Gasteiger partial charge in [-0.1, -0.05) is 48.5 Å². The molecule has 6 nitrogen and oxygen atoms in total. The second-order valence-electron chi connectivity index (χ2n) is 7.72. The van der Waals surface area contributed by atoms with Crippen LogP contribution in [0.5, 0.6) is 0 Å². The molecule has 1 aliphatic carbocycles. The number of para-hydroxylation sites is 1. The lowest BCUT2D eigenvalue weighted by Crippen LogP contribution is -2.40. The van der Waals surface area contributed by atoms with Crippen LogP contribution < -0.4 is 11.2 Å². The molecule has 0 amide bonds. The van der Waals surface area contributed by atoms with Gasteiger partial charge in [0.2, 0.25) is 0 Å². The van der Waals surface area contributed by atoms with Crippen LogP contribution in [0.3, 0.4) is 0 Å².